The van der Waals surface area contributed by atoms with Crippen molar-refractivity contribution < 1.29 is 18.0 Å². The quantitative estimate of drug-likeness (QED) is 0.866. The number of aryl methyl sites for hydroxylation is 1. The fourth-order valence-electron chi connectivity index (χ4n) is 2.81. The van der Waals surface area contributed by atoms with Gasteiger partial charge in [0.05, 0.1) is 6.54 Å². The van der Waals surface area contributed by atoms with Crippen molar-refractivity contribution in [3.63, 3.8) is 0 Å². The van der Waals surface area contributed by atoms with E-state index in [0.29, 0.717) is 11.4 Å². The van der Waals surface area contributed by atoms with Crippen LogP contribution in [0.2, 0.25) is 0 Å². The second kappa shape index (κ2) is 7.12. The molecule has 134 valence electrons. The molecule has 0 aliphatic carbocycles. The van der Waals surface area contributed by atoms with Gasteiger partial charge in [-0.05, 0) is 12.0 Å². The molecule has 0 radical (unpaired) electrons. The van der Waals surface area contributed by atoms with Crippen molar-refractivity contribution in [1.29, 1.82) is 0 Å². The molecular formula is C16H18F3N5O. The number of amides is 2. The number of carbonyl (C=O) groups is 1. The standard InChI is InChI=1S/C16H18F3N5O/c17-16(18,19)12(9-11-5-2-1-3-6-11)21-15(25)20-10-14-23-22-13-7-4-8-24(13)14/h1-3,5-6,12H,4,7-10H2,(H2,20,21,25). The van der Waals surface area contributed by atoms with Gasteiger partial charge in [0.25, 0.3) is 0 Å². The van der Waals surface area contributed by atoms with E-state index in [2.05, 4.69) is 15.5 Å². The van der Waals surface area contributed by atoms with E-state index in [4.69, 9.17) is 0 Å². The molecule has 0 spiro atoms. The number of urea groups is 1. The Bertz CT molecular complexity index is 729. The van der Waals surface area contributed by atoms with E-state index in [-0.39, 0.29) is 13.0 Å². The van der Waals surface area contributed by atoms with Crippen molar-refractivity contribution in [3.05, 3.63) is 47.5 Å². The summed E-state index contributed by atoms with van der Waals surface area (Å²) in [6.45, 7) is 0.800. The maximum Gasteiger partial charge on any atom is 0.408 e. The summed E-state index contributed by atoms with van der Waals surface area (Å²) in [5.41, 5.74) is 0.500. The summed E-state index contributed by atoms with van der Waals surface area (Å²) >= 11 is 0. The second-order valence-electron chi connectivity index (χ2n) is 5.90. The molecule has 2 heterocycles. The maximum atomic E-state index is 13.2. The highest BCUT2D eigenvalue weighted by Gasteiger charge is 2.40. The third-order valence-corrected chi connectivity index (χ3v) is 4.08. The molecule has 1 aliphatic heterocycles. The fraction of sp³-hybridized carbons (Fsp3) is 0.438. The molecule has 1 unspecified atom stereocenters. The second-order valence-corrected chi connectivity index (χ2v) is 5.90. The lowest BCUT2D eigenvalue weighted by atomic mass is 10.1. The summed E-state index contributed by atoms with van der Waals surface area (Å²) in [4.78, 5) is 11.9. The van der Waals surface area contributed by atoms with Crippen LogP contribution < -0.4 is 10.6 Å². The highest BCUT2D eigenvalue weighted by atomic mass is 19.4. The van der Waals surface area contributed by atoms with Crippen molar-refractivity contribution in [2.75, 3.05) is 0 Å². The van der Waals surface area contributed by atoms with Gasteiger partial charge in [-0.25, -0.2) is 4.79 Å². The zero-order valence-electron chi connectivity index (χ0n) is 13.4. The molecule has 1 aromatic heterocycles. The summed E-state index contributed by atoms with van der Waals surface area (Å²) in [7, 11) is 0. The number of hydrogen-bond acceptors (Lipinski definition) is 3. The van der Waals surface area contributed by atoms with Gasteiger partial charge in [0, 0.05) is 19.4 Å². The topological polar surface area (TPSA) is 71.8 Å². The number of nitrogens with one attached hydrogen (secondary N) is 2. The number of aromatic nitrogens is 3. The third kappa shape index (κ3) is 4.28. The van der Waals surface area contributed by atoms with E-state index in [0.717, 1.165) is 25.2 Å². The predicted molar refractivity (Wildman–Crippen MR) is 83.7 cm³/mol. The summed E-state index contributed by atoms with van der Waals surface area (Å²) in [5.74, 6) is 1.39. The smallest absolute Gasteiger partial charge is 0.331 e. The maximum absolute atomic E-state index is 13.2. The number of fused-ring (bicyclic) bond motifs is 1. The molecule has 1 atom stereocenters. The Kier molecular flexibility index (Phi) is 4.91. The monoisotopic (exact) mass is 353 g/mol. The zero-order valence-corrected chi connectivity index (χ0v) is 13.4. The number of hydrogen-bond donors (Lipinski definition) is 2. The van der Waals surface area contributed by atoms with E-state index in [9.17, 15) is 18.0 Å². The van der Waals surface area contributed by atoms with Crippen molar-refractivity contribution in [3.8, 4) is 0 Å². The lowest BCUT2D eigenvalue weighted by Gasteiger charge is -2.22. The summed E-state index contributed by atoms with van der Waals surface area (Å²) in [6.07, 6.45) is -3.08. The Morgan fingerprint density at radius 3 is 2.72 bits per heavy atom. The van der Waals surface area contributed by atoms with Gasteiger partial charge < -0.3 is 15.2 Å². The fourth-order valence-corrected chi connectivity index (χ4v) is 2.81. The van der Waals surface area contributed by atoms with E-state index in [1.54, 1.807) is 30.3 Å². The van der Waals surface area contributed by atoms with E-state index in [1.165, 1.54) is 0 Å². The Morgan fingerprint density at radius 1 is 1.24 bits per heavy atom. The number of nitrogens with zero attached hydrogens (tertiary/aromatic N) is 3. The molecule has 1 aromatic carbocycles. The van der Waals surface area contributed by atoms with Crippen molar-refractivity contribution in [2.45, 2.75) is 44.6 Å². The predicted octanol–water partition coefficient (Wildman–Crippen LogP) is 2.20. The van der Waals surface area contributed by atoms with Crippen LogP contribution in [0, 0.1) is 0 Å². The number of alkyl halides is 3. The van der Waals surface area contributed by atoms with Crippen LogP contribution in [0.15, 0.2) is 30.3 Å². The van der Waals surface area contributed by atoms with E-state index >= 15 is 0 Å². The van der Waals surface area contributed by atoms with Gasteiger partial charge in [-0.3, -0.25) is 0 Å². The van der Waals surface area contributed by atoms with Crippen molar-refractivity contribution >= 4 is 6.03 Å². The molecule has 0 fully saturated rings. The minimum absolute atomic E-state index is 0.0365. The number of benzene rings is 1. The minimum Gasteiger partial charge on any atom is -0.331 e. The molecule has 0 bridgehead atoms. The summed E-state index contributed by atoms with van der Waals surface area (Å²) < 4.78 is 41.5. The van der Waals surface area contributed by atoms with Crippen LogP contribution in [0.1, 0.15) is 23.6 Å². The molecule has 0 saturated heterocycles. The molecule has 25 heavy (non-hydrogen) atoms. The van der Waals surface area contributed by atoms with Gasteiger partial charge in [-0.2, -0.15) is 13.2 Å². The largest absolute Gasteiger partial charge is 0.408 e. The highest BCUT2D eigenvalue weighted by Crippen LogP contribution is 2.23. The molecule has 9 heteroatoms. The lowest BCUT2D eigenvalue weighted by molar-refractivity contribution is -0.152. The van der Waals surface area contributed by atoms with Crippen LogP contribution in [0.4, 0.5) is 18.0 Å². The SMILES string of the molecule is O=C(NCc1nnc2n1CCC2)NC(Cc1ccccc1)C(F)(F)F. The molecule has 0 saturated carbocycles. The van der Waals surface area contributed by atoms with Gasteiger partial charge in [-0.1, -0.05) is 30.3 Å². The first-order valence-corrected chi connectivity index (χ1v) is 7.99. The van der Waals surface area contributed by atoms with Crippen LogP contribution in [0.5, 0.6) is 0 Å². The van der Waals surface area contributed by atoms with Gasteiger partial charge >= 0.3 is 12.2 Å². The van der Waals surface area contributed by atoms with Crippen molar-refractivity contribution in [2.24, 2.45) is 0 Å². The summed E-state index contributed by atoms with van der Waals surface area (Å²) in [6, 6.07) is 5.40. The average molecular weight is 353 g/mol. The first-order chi connectivity index (χ1) is 11.9. The van der Waals surface area contributed by atoms with E-state index in [1.807, 2.05) is 9.88 Å². The number of rotatable bonds is 5. The molecular weight excluding hydrogens is 335 g/mol. The van der Waals surface area contributed by atoms with Crippen LogP contribution in [-0.2, 0) is 25.9 Å². The van der Waals surface area contributed by atoms with Crippen LogP contribution in [-0.4, -0.2) is 33.0 Å². The molecule has 2 amide bonds. The Morgan fingerprint density at radius 2 is 2.00 bits per heavy atom. The van der Waals surface area contributed by atoms with Gasteiger partial charge in [0.2, 0.25) is 0 Å². The Hall–Kier alpha value is -2.58. The van der Waals surface area contributed by atoms with Gasteiger partial charge in [-0.15, -0.1) is 10.2 Å². The lowest BCUT2D eigenvalue weighted by Crippen LogP contribution is -2.50. The van der Waals surface area contributed by atoms with Crippen LogP contribution in [0.25, 0.3) is 0 Å². The Balaban J connectivity index is 1.58. The molecule has 2 N–H and O–H groups in total. The number of halogens is 3. The third-order valence-electron chi connectivity index (χ3n) is 4.08. The van der Waals surface area contributed by atoms with Crippen LogP contribution in [0.3, 0.4) is 0 Å². The average Bonchev–Trinajstić information content (AvgIpc) is 3.16. The summed E-state index contributed by atoms with van der Waals surface area (Å²) in [5, 5.41) is 12.4. The van der Waals surface area contributed by atoms with Crippen LogP contribution >= 0.6 is 0 Å². The molecule has 1 aliphatic rings. The molecule has 6 nitrogen and oxygen atoms in total. The Labute approximate surface area is 142 Å². The van der Waals surface area contributed by atoms with Crippen molar-refractivity contribution in [1.82, 2.24) is 25.4 Å². The highest BCUT2D eigenvalue weighted by molar-refractivity contribution is 5.74. The first kappa shape index (κ1) is 17.2. The van der Waals surface area contributed by atoms with E-state index < -0.39 is 18.2 Å². The molecule has 3 rings (SSSR count). The normalized spacial score (nSPS) is 14.8. The first-order valence-electron chi connectivity index (χ1n) is 7.99. The zero-order chi connectivity index (χ0) is 17.9. The number of carbonyl (C=O) groups excluding carboxylic acids is 1. The molecule has 2 aromatic rings. The van der Waals surface area contributed by atoms with Gasteiger partial charge in [0.15, 0.2) is 5.82 Å². The van der Waals surface area contributed by atoms with Gasteiger partial charge in [0.1, 0.15) is 11.9 Å². The minimum atomic E-state index is -4.54.